The van der Waals surface area contributed by atoms with Crippen molar-refractivity contribution in [2.45, 2.75) is 6.61 Å². The smallest absolute Gasteiger partial charge is 0.335 e. The van der Waals surface area contributed by atoms with Gasteiger partial charge in [0.15, 0.2) is 10.8 Å². The first kappa shape index (κ1) is 13.4. The number of aromatic nitrogens is 1. The molecule has 6 heteroatoms. The van der Waals surface area contributed by atoms with E-state index in [2.05, 4.69) is 4.98 Å². The molecule has 1 N–H and O–H groups in total. The molecule has 3 aromatic rings. The fourth-order valence-electron chi connectivity index (χ4n) is 1.76. The van der Waals surface area contributed by atoms with Crippen molar-refractivity contribution in [3.05, 3.63) is 59.3 Å². The molecule has 0 atom stereocenters. The van der Waals surface area contributed by atoms with Crippen LogP contribution in [-0.4, -0.2) is 16.1 Å². The zero-order valence-electron chi connectivity index (χ0n) is 10.9. The first-order valence-corrected chi connectivity index (χ1v) is 7.05. The molecule has 0 saturated heterocycles. The van der Waals surface area contributed by atoms with Crippen LogP contribution in [0.5, 0.6) is 5.75 Å². The molecule has 2 aromatic heterocycles. The van der Waals surface area contributed by atoms with Crippen LogP contribution in [0.2, 0.25) is 0 Å². The molecule has 5 nitrogen and oxygen atoms in total. The lowest BCUT2D eigenvalue weighted by Crippen LogP contribution is -1.99. The first-order chi connectivity index (χ1) is 10.2. The van der Waals surface area contributed by atoms with E-state index < -0.39 is 5.97 Å². The molecule has 0 spiro atoms. The van der Waals surface area contributed by atoms with E-state index in [1.54, 1.807) is 18.4 Å². The van der Waals surface area contributed by atoms with Gasteiger partial charge in [0.2, 0.25) is 0 Å². The Bertz CT molecular complexity index is 749. The predicted molar refractivity (Wildman–Crippen MR) is 77.5 cm³/mol. The summed E-state index contributed by atoms with van der Waals surface area (Å²) in [5.74, 6) is 0.246. The van der Waals surface area contributed by atoms with Gasteiger partial charge in [-0.3, -0.25) is 0 Å². The zero-order chi connectivity index (χ0) is 14.7. The molecule has 0 aliphatic carbocycles. The minimum absolute atomic E-state index is 0.196. The average molecular weight is 301 g/mol. The van der Waals surface area contributed by atoms with Crippen molar-refractivity contribution in [3.8, 4) is 16.5 Å². The maximum absolute atomic E-state index is 10.9. The molecule has 0 radical (unpaired) electrons. The van der Waals surface area contributed by atoms with Crippen LogP contribution in [0.15, 0.2) is 52.5 Å². The lowest BCUT2D eigenvalue weighted by Gasteiger charge is -2.04. The van der Waals surface area contributed by atoms with Gasteiger partial charge in [-0.1, -0.05) is 6.07 Å². The Morgan fingerprint density at radius 1 is 1.33 bits per heavy atom. The molecule has 0 unspecified atom stereocenters. The number of furan rings is 1. The van der Waals surface area contributed by atoms with Gasteiger partial charge in [0.05, 0.1) is 17.5 Å². The van der Waals surface area contributed by atoms with Gasteiger partial charge < -0.3 is 14.3 Å². The standard InChI is InChI=1S/C15H11NO4S/c17-15(18)10-3-1-4-12(7-10)20-8-11-9-21-14(16-11)13-5-2-6-19-13/h1-7,9H,8H2,(H,17,18). The monoisotopic (exact) mass is 301 g/mol. The van der Waals surface area contributed by atoms with Crippen LogP contribution in [-0.2, 0) is 6.61 Å². The molecule has 0 amide bonds. The summed E-state index contributed by atoms with van der Waals surface area (Å²) in [5.41, 5.74) is 0.967. The second-order valence-electron chi connectivity index (χ2n) is 4.24. The topological polar surface area (TPSA) is 72.6 Å². The summed E-state index contributed by atoms with van der Waals surface area (Å²) >= 11 is 1.47. The van der Waals surface area contributed by atoms with E-state index >= 15 is 0 Å². The Morgan fingerprint density at radius 3 is 3.00 bits per heavy atom. The molecule has 3 rings (SSSR count). The van der Waals surface area contributed by atoms with Crippen molar-refractivity contribution < 1.29 is 19.1 Å². The van der Waals surface area contributed by atoms with Crippen molar-refractivity contribution in [1.82, 2.24) is 4.98 Å². The molecule has 106 valence electrons. The molecule has 0 aliphatic heterocycles. The molecule has 0 saturated carbocycles. The van der Waals surface area contributed by atoms with Crippen molar-refractivity contribution in [1.29, 1.82) is 0 Å². The highest BCUT2D eigenvalue weighted by molar-refractivity contribution is 7.13. The number of hydrogen-bond acceptors (Lipinski definition) is 5. The Morgan fingerprint density at radius 2 is 2.24 bits per heavy atom. The molecule has 21 heavy (non-hydrogen) atoms. The summed E-state index contributed by atoms with van der Waals surface area (Å²) in [6.45, 7) is 0.278. The average Bonchev–Trinajstić information content (AvgIpc) is 3.16. The van der Waals surface area contributed by atoms with Gasteiger partial charge in [0.25, 0.3) is 0 Å². The van der Waals surface area contributed by atoms with Gasteiger partial charge in [-0.15, -0.1) is 11.3 Å². The van der Waals surface area contributed by atoms with E-state index in [0.29, 0.717) is 5.75 Å². The summed E-state index contributed by atoms with van der Waals surface area (Å²) in [4.78, 5) is 15.3. The molecular weight excluding hydrogens is 290 g/mol. The van der Waals surface area contributed by atoms with Crippen LogP contribution >= 0.6 is 11.3 Å². The van der Waals surface area contributed by atoms with E-state index in [1.807, 2.05) is 17.5 Å². The Hall–Kier alpha value is -2.60. The number of nitrogens with zero attached hydrogens (tertiary/aromatic N) is 1. The van der Waals surface area contributed by atoms with Gasteiger partial charge in [-0.05, 0) is 30.3 Å². The minimum Gasteiger partial charge on any atom is -0.487 e. The fraction of sp³-hybridized carbons (Fsp3) is 0.0667. The lowest BCUT2D eigenvalue weighted by atomic mass is 10.2. The van der Waals surface area contributed by atoms with Crippen molar-refractivity contribution in [2.75, 3.05) is 0 Å². The summed E-state index contributed by atoms with van der Waals surface area (Å²) in [6.07, 6.45) is 1.60. The number of hydrogen-bond donors (Lipinski definition) is 1. The van der Waals surface area contributed by atoms with Crippen molar-refractivity contribution in [3.63, 3.8) is 0 Å². The zero-order valence-corrected chi connectivity index (χ0v) is 11.7. The Kier molecular flexibility index (Phi) is 3.70. The SMILES string of the molecule is O=C(O)c1cccc(OCc2csc(-c3ccco3)n2)c1. The largest absolute Gasteiger partial charge is 0.487 e. The van der Waals surface area contributed by atoms with E-state index in [0.717, 1.165) is 16.5 Å². The highest BCUT2D eigenvalue weighted by Gasteiger charge is 2.08. The van der Waals surface area contributed by atoms with Crippen molar-refractivity contribution >= 4 is 17.3 Å². The number of thiazole rings is 1. The van der Waals surface area contributed by atoms with Gasteiger partial charge in [0, 0.05) is 5.38 Å². The molecule has 1 aromatic carbocycles. The third kappa shape index (κ3) is 3.11. The second kappa shape index (κ2) is 5.80. The quantitative estimate of drug-likeness (QED) is 0.778. The van der Waals surface area contributed by atoms with E-state index in [4.69, 9.17) is 14.3 Å². The number of ether oxygens (including phenoxy) is 1. The normalized spacial score (nSPS) is 10.5. The molecular formula is C15H11NO4S. The van der Waals surface area contributed by atoms with E-state index in [-0.39, 0.29) is 12.2 Å². The van der Waals surface area contributed by atoms with Crippen LogP contribution in [0.4, 0.5) is 0 Å². The van der Waals surface area contributed by atoms with Crippen LogP contribution in [0.3, 0.4) is 0 Å². The number of aromatic carboxylic acids is 1. The highest BCUT2D eigenvalue weighted by atomic mass is 32.1. The van der Waals surface area contributed by atoms with Crippen LogP contribution < -0.4 is 4.74 Å². The number of carbonyl (C=O) groups is 1. The van der Waals surface area contributed by atoms with Crippen LogP contribution in [0, 0.1) is 0 Å². The summed E-state index contributed by atoms with van der Waals surface area (Å²) in [6, 6.07) is 10.0. The maximum atomic E-state index is 10.9. The summed E-state index contributed by atoms with van der Waals surface area (Å²) in [7, 11) is 0. The second-order valence-corrected chi connectivity index (χ2v) is 5.10. The summed E-state index contributed by atoms with van der Waals surface area (Å²) in [5, 5.41) is 11.6. The minimum atomic E-state index is -0.978. The van der Waals surface area contributed by atoms with Crippen LogP contribution in [0.25, 0.3) is 10.8 Å². The van der Waals surface area contributed by atoms with Gasteiger partial charge >= 0.3 is 5.97 Å². The van der Waals surface area contributed by atoms with Crippen LogP contribution in [0.1, 0.15) is 16.1 Å². The third-order valence-corrected chi connectivity index (χ3v) is 3.66. The molecule has 2 heterocycles. The number of carboxylic acids is 1. The van der Waals surface area contributed by atoms with Gasteiger partial charge in [0.1, 0.15) is 12.4 Å². The Balaban J connectivity index is 1.68. The maximum Gasteiger partial charge on any atom is 0.335 e. The Labute approximate surface area is 124 Å². The number of carboxylic acid groups (broad SMARTS) is 1. The predicted octanol–water partition coefficient (Wildman–Crippen LogP) is 3.68. The van der Waals surface area contributed by atoms with E-state index in [1.165, 1.54) is 23.5 Å². The third-order valence-electron chi connectivity index (χ3n) is 2.75. The van der Waals surface area contributed by atoms with E-state index in [9.17, 15) is 4.79 Å². The molecule has 0 aliphatic rings. The summed E-state index contributed by atoms with van der Waals surface area (Å²) < 4.78 is 10.8. The van der Waals surface area contributed by atoms with Gasteiger partial charge in [-0.2, -0.15) is 0 Å². The number of rotatable bonds is 5. The van der Waals surface area contributed by atoms with Crippen molar-refractivity contribution in [2.24, 2.45) is 0 Å². The fourth-order valence-corrected chi connectivity index (χ4v) is 2.53. The highest BCUT2D eigenvalue weighted by Crippen LogP contribution is 2.24. The van der Waals surface area contributed by atoms with Gasteiger partial charge in [-0.25, -0.2) is 9.78 Å². The first-order valence-electron chi connectivity index (χ1n) is 6.17. The number of benzene rings is 1. The lowest BCUT2D eigenvalue weighted by molar-refractivity contribution is 0.0696. The molecule has 0 bridgehead atoms. The molecule has 0 fully saturated rings.